The highest BCUT2D eigenvalue weighted by atomic mass is 16.6. The van der Waals surface area contributed by atoms with Crippen molar-refractivity contribution in [2.45, 2.75) is 374 Å². The first-order chi connectivity index (χ1) is 34.0. The van der Waals surface area contributed by atoms with E-state index in [2.05, 4.69) is 20.8 Å². The fourth-order valence-corrected chi connectivity index (χ4v) is 9.86. The Morgan fingerprint density at radius 2 is 0.391 bits per heavy atom. The Kier molecular flexibility index (Phi) is 57.6. The van der Waals surface area contributed by atoms with Gasteiger partial charge in [-0.05, 0) is 19.3 Å². The molecular weight excluding hydrogens is 853 g/mol. The lowest BCUT2D eigenvalue weighted by Gasteiger charge is -2.18. The monoisotopic (exact) mass is 975 g/mol. The van der Waals surface area contributed by atoms with Crippen LogP contribution in [0.1, 0.15) is 367 Å². The summed E-state index contributed by atoms with van der Waals surface area (Å²) in [6.07, 6.45) is 67.3. The van der Waals surface area contributed by atoms with Crippen molar-refractivity contribution in [1.29, 1.82) is 0 Å². The Hall–Kier alpha value is -1.59. The van der Waals surface area contributed by atoms with E-state index in [0.717, 1.165) is 57.8 Å². The van der Waals surface area contributed by atoms with Crippen molar-refractivity contribution in [2.75, 3.05) is 13.2 Å². The van der Waals surface area contributed by atoms with Crippen LogP contribution in [0.5, 0.6) is 0 Å². The van der Waals surface area contributed by atoms with Gasteiger partial charge >= 0.3 is 17.9 Å². The lowest BCUT2D eigenvalue weighted by Crippen LogP contribution is -2.30. The Bertz CT molecular complexity index is 1030. The van der Waals surface area contributed by atoms with Crippen molar-refractivity contribution >= 4 is 17.9 Å². The highest BCUT2D eigenvalue weighted by Gasteiger charge is 2.19. The maximum atomic E-state index is 12.8. The molecule has 0 saturated heterocycles. The van der Waals surface area contributed by atoms with Crippen LogP contribution in [-0.4, -0.2) is 37.2 Å². The van der Waals surface area contributed by atoms with Gasteiger partial charge in [0, 0.05) is 19.3 Å². The van der Waals surface area contributed by atoms with Crippen LogP contribution in [0.3, 0.4) is 0 Å². The van der Waals surface area contributed by atoms with E-state index < -0.39 is 6.10 Å². The lowest BCUT2D eigenvalue weighted by atomic mass is 10.0. The molecule has 0 rings (SSSR count). The van der Waals surface area contributed by atoms with E-state index in [4.69, 9.17) is 14.2 Å². The predicted molar refractivity (Wildman–Crippen MR) is 298 cm³/mol. The van der Waals surface area contributed by atoms with Crippen LogP contribution < -0.4 is 0 Å². The van der Waals surface area contributed by atoms with Crippen molar-refractivity contribution in [3.05, 3.63) is 0 Å². The quantitative estimate of drug-likeness (QED) is 0.0343. The van der Waals surface area contributed by atoms with Crippen molar-refractivity contribution in [2.24, 2.45) is 0 Å². The number of carbonyl (C=O) groups is 3. The van der Waals surface area contributed by atoms with Crippen molar-refractivity contribution in [3.8, 4) is 0 Å². The Balaban J connectivity index is 3.89. The first-order valence-electron chi connectivity index (χ1n) is 31.5. The summed E-state index contributed by atoms with van der Waals surface area (Å²) in [6, 6.07) is 0. The van der Waals surface area contributed by atoms with Crippen LogP contribution in [0.25, 0.3) is 0 Å². The summed E-state index contributed by atoms with van der Waals surface area (Å²) in [7, 11) is 0. The molecule has 0 radical (unpaired) electrons. The average molecular weight is 976 g/mol. The second-order valence-corrected chi connectivity index (χ2v) is 21.7. The van der Waals surface area contributed by atoms with Crippen LogP contribution in [0.4, 0.5) is 0 Å². The smallest absolute Gasteiger partial charge is 0.306 e. The van der Waals surface area contributed by atoms with E-state index in [1.807, 2.05) is 0 Å². The highest BCUT2D eigenvalue weighted by molar-refractivity contribution is 5.71. The fourth-order valence-electron chi connectivity index (χ4n) is 9.86. The second-order valence-electron chi connectivity index (χ2n) is 21.7. The number of hydrogen-bond acceptors (Lipinski definition) is 6. The molecule has 0 saturated carbocycles. The van der Waals surface area contributed by atoms with Crippen LogP contribution in [0.2, 0.25) is 0 Å². The van der Waals surface area contributed by atoms with E-state index in [-0.39, 0.29) is 31.1 Å². The Labute approximate surface area is 431 Å². The lowest BCUT2D eigenvalue weighted by molar-refractivity contribution is -0.167. The molecule has 410 valence electrons. The third-order valence-electron chi connectivity index (χ3n) is 14.6. The molecule has 0 amide bonds. The SMILES string of the molecule is CCCCCCCCCCCCCCCCCCCCCCCCCCCCCCCCCCC(=O)OCC(COC(=O)CCCCCCCCCC)OC(=O)CCCCCCCCCCCCC. The fraction of sp³-hybridized carbons (Fsp3) is 0.952. The summed E-state index contributed by atoms with van der Waals surface area (Å²) in [4.78, 5) is 37.9. The summed E-state index contributed by atoms with van der Waals surface area (Å²) in [5.74, 6) is -0.843. The van der Waals surface area contributed by atoms with Gasteiger partial charge in [-0.3, -0.25) is 14.4 Å². The third-order valence-corrected chi connectivity index (χ3v) is 14.6. The molecule has 1 atom stereocenters. The minimum Gasteiger partial charge on any atom is -0.462 e. The molecule has 0 N–H and O–H groups in total. The summed E-state index contributed by atoms with van der Waals surface area (Å²) in [5.41, 5.74) is 0. The molecule has 0 aliphatic carbocycles. The van der Waals surface area contributed by atoms with E-state index >= 15 is 0 Å². The van der Waals surface area contributed by atoms with Gasteiger partial charge in [-0.1, -0.05) is 329 Å². The zero-order valence-electron chi connectivity index (χ0n) is 47.1. The molecule has 0 spiro atoms. The molecule has 0 fully saturated rings. The van der Waals surface area contributed by atoms with E-state index in [0.29, 0.717) is 19.3 Å². The number of carbonyl (C=O) groups excluding carboxylic acids is 3. The standard InChI is InChI=1S/C63H122O6/c1-4-7-10-13-16-19-21-22-23-24-25-26-27-28-29-30-31-32-33-34-35-36-37-38-39-40-41-43-44-47-50-53-56-62(65)68-59-60(58-67-61(64)55-52-49-46-18-15-12-9-6-3)69-63(66)57-54-51-48-45-42-20-17-14-11-8-5-2/h60H,4-59H2,1-3H3. The van der Waals surface area contributed by atoms with E-state index in [1.165, 1.54) is 270 Å². The number of rotatable bonds is 59. The molecule has 6 heteroatoms. The van der Waals surface area contributed by atoms with Gasteiger partial charge in [0.2, 0.25) is 0 Å². The van der Waals surface area contributed by atoms with Gasteiger partial charge in [0.15, 0.2) is 6.10 Å². The Morgan fingerprint density at radius 3 is 0.580 bits per heavy atom. The summed E-state index contributed by atoms with van der Waals surface area (Å²) in [6.45, 7) is 6.66. The number of esters is 3. The molecule has 0 aliphatic rings. The first-order valence-corrected chi connectivity index (χ1v) is 31.5. The topological polar surface area (TPSA) is 78.9 Å². The molecule has 0 aromatic rings. The first kappa shape index (κ1) is 67.4. The zero-order chi connectivity index (χ0) is 50.0. The predicted octanol–water partition coefficient (Wildman–Crippen LogP) is 21.1. The molecule has 0 aliphatic heterocycles. The Morgan fingerprint density at radius 1 is 0.232 bits per heavy atom. The van der Waals surface area contributed by atoms with Crippen LogP contribution in [0, 0.1) is 0 Å². The zero-order valence-corrected chi connectivity index (χ0v) is 47.1. The molecule has 69 heavy (non-hydrogen) atoms. The molecule has 6 nitrogen and oxygen atoms in total. The minimum absolute atomic E-state index is 0.0620. The van der Waals surface area contributed by atoms with Gasteiger partial charge in [-0.2, -0.15) is 0 Å². The van der Waals surface area contributed by atoms with Gasteiger partial charge in [-0.15, -0.1) is 0 Å². The minimum atomic E-state index is -0.759. The van der Waals surface area contributed by atoms with Crippen LogP contribution >= 0.6 is 0 Å². The largest absolute Gasteiger partial charge is 0.462 e. The average Bonchev–Trinajstić information content (AvgIpc) is 3.35. The third kappa shape index (κ3) is 57.2. The number of unbranched alkanes of at least 4 members (excludes halogenated alkanes) is 48. The second kappa shape index (κ2) is 59.0. The highest BCUT2D eigenvalue weighted by Crippen LogP contribution is 2.19. The van der Waals surface area contributed by atoms with Crippen LogP contribution in [0.15, 0.2) is 0 Å². The van der Waals surface area contributed by atoms with E-state index in [9.17, 15) is 14.4 Å². The van der Waals surface area contributed by atoms with Gasteiger partial charge in [-0.25, -0.2) is 0 Å². The molecule has 0 aromatic heterocycles. The molecular formula is C63H122O6. The number of ether oxygens (including phenoxy) is 3. The van der Waals surface area contributed by atoms with Gasteiger partial charge in [0.05, 0.1) is 0 Å². The van der Waals surface area contributed by atoms with Crippen molar-refractivity contribution < 1.29 is 28.6 Å². The molecule has 0 bridgehead atoms. The number of hydrogen-bond donors (Lipinski definition) is 0. The molecule has 0 aromatic carbocycles. The molecule has 1 unspecified atom stereocenters. The van der Waals surface area contributed by atoms with Crippen LogP contribution in [-0.2, 0) is 28.6 Å². The summed E-state index contributed by atoms with van der Waals surface area (Å²) >= 11 is 0. The van der Waals surface area contributed by atoms with Gasteiger partial charge in [0.25, 0.3) is 0 Å². The van der Waals surface area contributed by atoms with E-state index in [1.54, 1.807) is 0 Å². The maximum absolute atomic E-state index is 12.8. The van der Waals surface area contributed by atoms with Crippen molar-refractivity contribution in [3.63, 3.8) is 0 Å². The van der Waals surface area contributed by atoms with Crippen molar-refractivity contribution in [1.82, 2.24) is 0 Å². The summed E-state index contributed by atoms with van der Waals surface area (Å²) < 4.78 is 16.8. The molecule has 0 heterocycles. The summed E-state index contributed by atoms with van der Waals surface area (Å²) in [5, 5.41) is 0. The van der Waals surface area contributed by atoms with Gasteiger partial charge in [0.1, 0.15) is 13.2 Å². The normalized spacial score (nSPS) is 11.9. The van der Waals surface area contributed by atoms with Gasteiger partial charge < -0.3 is 14.2 Å². The maximum Gasteiger partial charge on any atom is 0.306 e.